The van der Waals surface area contributed by atoms with Crippen LogP contribution in [0, 0.1) is 22.7 Å². The van der Waals surface area contributed by atoms with Gasteiger partial charge in [0.1, 0.15) is 0 Å². The molecule has 180 valence electrons. The molecule has 0 aromatic rings. The highest BCUT2D eigenvalue weighted by atomic mass is 32.2. The molecule has 0 unspecified atom stereocenters. The van der Waals surface area contributed by atoms with Gasteiger partial charge < -0.3 is 0 Å². The summed E-state index contributed by atoms with van der Waals surface area (Å²) in [6.45, 7) is 3.27. The predicted octanol–water partition coefficient (Wildman–Crippen LogP) is 7.10. The second-order valence-corrected chi connectivity index (χ2v) is 10.8. The van der Waals surface area contributed by atoms with Crippen molar-refractivity contribution in [2.45, 2.75) is 129 Å². The van der Waals surface area contributed by atoms with Crippen molar-refractivity contribution in [3.8, 4) is 12.1 Å². The summed E-state index contributed by atoms with van der Waals surface area (Å²) >= 11 is 0. The van der Waals surface area contributed by atoms with Crippen molar-refractivity contribution in [3.63, 3.8) is 0 Å². The summed E-state index contributed by atoms with van der Waals surface area (Å²) in [5.74, 6) is 0.262. The Hall–Kier alpha value is -1.11. The summed E-state index contributed by atoms with van der Waals surface area (Å²) in [6.07, 6.45) is 20.1. The summed E-state index contributed by atoms with van der Waals surface area (Å²) < 4.78 is 26.9. The first-order valence-corrected chi connectivity index (χ1v) is 14.4. The fraction of sp³-hybridized carbons (Fsp3) is 0.920. The van der Waals surface area contributed by atoms with Crippen LogP contribution >= 0.6 is 0 Å². The van der Waals surface area contributed by atoms with E-state index in [9.17, 15) is 8.42 Å². The van der Waals surface area contributed by atoms with Gasteiger partial charge in [-0.2, -0.15) is 10.5 Å². The van der Waals surface area contributed by atoms with Crippen molar-refractivity contribution in [2.24, 2.45) is 0 Å². The molecule has 0 aliphatic heterocycles. The van der Waals surface area contributed by atoms with Crippen LogP contribution in [0.1, 0.15) is 129 Å². The van der Waals surface area contributed by atoms with Gasteiger partial charge in [0.15, 0.2) is 0 Å². The lowest BCUT2D eigenvalue weighted by Gasteiger charge is -2.22. The zero-order valence-corrected chi connectivity index (χ0v) is 20.9. The molecule has 31 heavy (non-hydrogen) atoms. The number of nitriles is 2. The Kier molecular flexibility index (Phi) is 21.3. The molecule has 0 bridgehead atoms. The summed E-state index contributed by atoms with van der Waals surface area (Å²) in [5, 5.41) is 17.1. The maximum Gasteiger partial charge on any atom is 0.214 e. The van der Waals surface area contributed by atoms with Crippen LogP contribution in [0.4, 0.5) is 0 Å². The molecule has 0 N–H and O–H groups in total. The van der Waals surface area contributed by atoms with Crippen LogP contribution in [0.2, 0.25) is 0 Å². The predicted molar refractivity (Wildman–Crippen MR) is 130 cm³/mol. The molecular weight excluding hydrogens is 406 g/mol. The van der Waals surface area contributed by atoms with E-state index in [2.05, 4.69) is 12.1 Å². The maximum absolute atomic E-state index is 12.6. The lowest BCUT2D eigenvalue weighted by molar-refractivity contribution is 0.383. The molecule has 0 radical (unpaired) electrons. The summed E-state index contributed by atoms with van der Waals surface area (Å²) in [6, 6.07) is 4.38. The lowest BCUT2D eigenvalue weighted by atomic mass is 10.1. The van der Waals surface area contributed by atoms with Crippen molar-refractivity contribution in [2.75, 3.05) is 18.8 Å². The molecule has 0 aliphatic rings. The first-order valence-electron chi connectivity index (χ1n) is 12.8. The van der Waals surface area contributed by atoms with E-state index in [1.54, 1.807) is 4.31 Å². The number of hydrogen-bond donors (Lipinski definition) is 0. The van der Waals surface area contributed by atoms with Crippen molar-refractivity contribution in [1.29, 1.82) is 10.5 Å². The highest BCUT2D eigenvalue weighted by Gasteiger charge is 2.19. The van der Waals surface area contributed by atoms with Crippen molar-refractivity contribution < 1.29 is 8.42 Å². The van der Waals surface area contributed by atoms with Gasteiger partial charge in [-0.1, -0.05) is 84.0 Å². The highest BCUT2D eigenvalue weighted by Crippen LogP contribution is 2.14. The van der Waals surface area contributed by atoms with E-state index >= 15 is 0 Å². The molecule has 0 aromatic heterocycles. The van der Waals surface area contributed by atoms with Crippen LogP contribution < -0.4 is 0 Å². The molecule has 0 heterocycles. The first-order chi connectivity index (χ1) is 15.1. The molecule has 0 atom stereocenters. The monoisotopic (exact) mass is 453 g/mol. The van der Waals surface area contributed by atoms with Crippen LogP contribution in [-0.2, 0) is 10.0 Å². The van der Waals surface area contributed by atoms with Crippen molar-refractivity contribution in [3.05, 3.63) is 0 Å². The molecule has 6 heteroatoms. The van der Waals surface area contributed by atoms with Crippen LogP contribution in [0.25, 0.3) is 0 Å². The minimum Gasteiger partial charge on any atom is -0.212 e. The Bertz CT molecular complexity index is 545. The summed E-state index contributed by atoms with van der Waals surface area (Å²) in [4.78, 5) is 0. The van der Waals surface area contributed by atoms with Crippen molar-refractivity contribution >= 4 is 10.0 Å². The quantitative estimate of drug-likeness (QED) is 0.154. The number of nitrogens with zero attached hydrogens (tertiary/aromatic N) is 3. The molecule has 0 spiro atoms. The highest BCUT2D eigenvalue weighted by molar-refractivity contribution is 7.89. The van der Waals surface area contributed by atoms with Gasteiger partial charge in [0.2, 0.25) is 10.0 Å². The number of hydrogen-bond acceptors (Lipinski definition) is 4. The summed E-state index contributed by atoms with van der Waals surface area (Å²) in [5.41, 5.74) is 0. The molecular formula is C25H47N3O2S. The van der Waals surface area contributed by atoms with Gasteiger partial charge in [-0.25, -0.2) is 12.7 Å². The molecule has 0 fully saturated rings. The lowest BCUT2D eigenvalue weighted by Crippen LogP contribution is -2.34. The number of rotatable bonds is 23. The average molecular weight is 454 g/mol. The van der Waals surface area contributed by atoms with Gasteiger partial charge >= 0.3 is 0 Å². The van der Waals surface area contributed by atoms with E-state index in [1.807, 2.05) is 6.92 Å². The topological polar surface area (TPSA) is 85.0 Å². The molecule has 0 rings (SSSR count). The smallest absolute Gasteiger partial charge is 0.212 e. The Morgan fingerprint density at radius 2 is 0.903 bits per heavy atom. The van der Waals surface area contributed by atoms with Crippen LogP contribution in [0.5, 0.6) is 0 Å². The second kappa shape index (κ2) is 22.1. The third-order valence-electron chi connectivity index (χ3n) is 5.75. The normalized spacial score (nSPS) is 11.5. The van der Waals surface area contributed by atoms with Crippen LogP contribution in [0.3, 0.4) is 0 Å². The van der Waals surface area contributed by atoms with E-state index in [1.165, 1.54) is 51.4 Å². The van der Waals surface area contributed by atoms with Crippen LogP contribution in [-0.4, -0.2) is 31.6 Å². The van der Waals surface area contributed by atoms with Gasteiger partial charge in [0, 0.05) is 25.9 Å². The van der Waals surface area contributed by atoms with E-state index < -0.39 is 10.0 Å². The van der Waals surface area contributed by atoms with E-state index in [0.717, 1.165) is 51.4 Å². The molecule has 0 aromatic carbocycles. The molecule has 0 saturated heterocycles. The molecule has 0 saturated carbocycles. The average Bonchev–Trinajstić information content (AvgIpc) is 2.74. The Morgan fingerprint density at radius 1 is 0.581 bits per heavy atom. The third kappa shape index (κ3) is 19.3. The minimum absolute atomic E-state index is 0.262. The zero-order chi connectivity index (χ0) is 23.0. The standard InChI is InChI=1S/C25H47N3O2S/c1-2-25-31(29,30)28(23-19-15-11-7-3-5-9-13-17-21-26)24-20-16-12-8-4-6-10-14-18-22-27/h2-20,23-25H2,1H3. The largest absolute Gasteiger partial charge is 0.214 e. The van der Waals surface area contributed by atoms with Gasteiger partial charge in [-0.15, -0.1) is 0 Å². The van der Waals surface area contributed by atoms with E-state index in [0.29, 0.717) is 32.4 Å². The third-order valence-corrected chi connectivity index (χ3v) is 7.82. The zero-order valence-electron chi connectivity index (χ0n) is 20.1. The van der Waals surface area contributed by atoms with Crippen LogP contribution in [0.15, 0.2) is 0 Å². The Morgan fingerprint density at radius 3 is 1.23 bits per heavy atom. The number of unbranched alkanes of at least 4 members (excludes halogenated alkanes) is 16. The Balaban J connectivity index is 3.93. The van der Waals surface area contributed by atoms with E-state index in [4.69, 9.17) is 10.5 Å². The van der Waals surface area contributed by atoms with E-state index in [-0.39, 0.29) is 5.75 Å². The maximum atomic E-state index is 12.6. The van der Waals surface area contributed by atoms with Crippen molar-refractivity contribution in [1.82, 2.24) is 4.31 Å². The second-order valence-electron chi connectivity index (χ2n) is 8.69. The fourth-order valence-electron chi connectivity index (χ4n) is 3.88. The number of sulfonamides is 1. The molecule has 5 nitrogen and oxygen atoms in total. The van der Waals surface area contributed by atoms with Gasteiger partial charge in [-0.3, -0.25) is 0 Å². The fourth-order valence-corrected chi connectivity index (χ4v) is 5.47. The molecule has 0 amide bonds. The first kappa shape index (κ1) is 29.9. The van der Waals surface area contributed by atoms with Gasteiger partial charge in [-0.05, 0) is 32.1 Å². The Labute approximate surface area is 193 Å². The van der Waals surface area contributed by atoms with Gasteiger partial charge in [0.05, 0.1) is 17.9 Å². The minimum atomic E-state index is -3.11. The SMILES string of the molecule is CCCS(=O)(=O)N(CCCCCCCCCCC#N)CCCCCCCCCCC#N. The van der Waals surface area contributed by atoms with Gasteiger partial charge in [0.25, 0.3) is 0 Å². The summed E-state index contributed by atoms with van der Waals surface area (Å²) in [7, 11) is -3.11. The molecule has 0 aliphatic carbocycles.